The molecule has 0 saturated carbocycles. The normalized spacial score (nSPS) is 22.7. The van der Waals surface area contributed by atoms with Gasteiger partial charge >= 0.3 is 0 Å². The van der Waals surface area contributed by atoms with Gasteiger partial charge in [0.2, 0.25) is 0 Å². The van der Waals surface area contributed by atoms with Crippen LogP contribution in [0.4, 0.5) is 0 Å². The molecule has 1 fully saturated rings. The first kappa shape index (κ1) is 13.8. The van der Waals surface area contributed by atoms with E-state index in [9.17, 15) is 0 Å². The maximum Gasteiger partial charge on any atom is -0.0155 e. The summed E-state index contributed by atoms with van der Waals surface area (Å²) in [4.78, 5) is 0. The zero-order valence-corrected chi connectivity index (χ0v) is 13.4. The molecule has 0 atom stereocenters. The van der Waals surface area contributed by atoms with E-state index in [0.29, 0.717) is 0 Å². The molecule has 1 heteroatoms. The van der Waals surface area contributed by atoms with Crippen LogP contribution in [0.2, 0.25) is 0 Å². The zero-order chi connectivity index (χ0) is 13.9. The molecule has 0 aliphatic carbocycles. The number of hydrogen-bond acceptors (Lipinski definition) is 0. The van der Waals surface area contributed by atoms with E-state index >= 15 is 0 Å². The Bertz CT molecular complexity index is 566. The second-order valence-corrected chi connectivity index (χ2v) is 8.42. The van der Waals surface area contributed by atoms with Crippen LogP contribution in [0.1, 0.15) is 35.4 Å². The van der Waals surface area contributed by atoms with Crippen molar-refractivity contribution in [1.29, 1.82) is 0 Å². The molecule has 2 aromatic carbocycles. The highest BCUT2D eigenvalue weighted by Crippen LogP contribution is 2.46. The van der Waals surface area contributed by atoms with Crippen molar-refractivity contribution in [1.82, 2.24) is 0 Å². The molecule has 1 saturated heterocycles. The second kappa shape index (κ2) is 6.10. The summed E-state index contributed by atoms with van der Waals surface area (Å²) < 4.78 is 0. The predicted octanol–water partition coefficient (Wildman–Crippen LogP) is 4.99. The lowest BCUT2D eigenvalue weighted by atomic mass is 9.94. The van der Waals surface area contributed by atoms with Gasteiger partial charge in [-0.25, -0.2) is 0 Å². The molecule has 0 radical (unpaired) electrons. The van der Waals surface area contributed by atoms with Crippen LogP contribution in [0.15, 0.2) is 48.5 Å². The molecule has 0 bridgehead atoms. The van der Waals surface area contributed by atoms with Gasteiger partial charge in [0.05, 0.1) is 0 Å². The quantitative estimate of drug-likeness (QED) is 0.681. The van der Waals surface area contributed by atoms with Crippen molar-refractivity contribution in [2.24, 2.45) is 0 Å². The number of rotatable bonds is 2. The smallest absolute Gasteiger partial charge is 0.0155 e. The molecule has 3 rings (SSSR count). The third-order valence-corrected chi connectivity index (χ3v) is 7.24. The van der Waals surface area contributed by atoms with Crippen LogP contribution < -0.4 is 5.30 Å². The Morgan fingerprint density at radius 1 is 0.900 bits per heavy atom. The number of benzene rings is 2. The Hall–Kier alpha value is -1.13. The van der Waals surface area contributed by atoms with E-state index in [4.69, 9.17) is 0 Å². The molecular formula is C19H23P. The molecular weight excluding hydrogens is 259 g/mol. The first-order valence-corrected chi connectivity index (χ1v) is 9.32. The van der Waals surface area contributed by atoms with Crippen LogP contribution in [0.3, 0.4) is 0 Å². The lowest BCUT2D eigenvalue weighted by Gasteiger charge is -2.30. The van der Waals surface area contributed by atoms with E-state index in [1.54, 1.807) is 10.9 Å². The van der Waals surface area contributed by atoms with Gasteiger partial charge in [-0.15, -0.1) is 0 Å². The Morgan fingerprint density at radius 2 is 1.60 bits per heavy atom. The second-order valence-electron chi connectivity index (χ2n) is 5.96. The van der Waals surface area contributed by atoms with Gasteiger partial charge in [-0.1, -0.05) is 62.0 Å². The molecule has 0 amide bonds. The van der Waals surface area contributed by atoms with Crippen molar-refractivity contribution in [2.75, 3.05) is 12.3 Å². The summed E-state index contributed by atoms with van der Waals surface area (Å²) in [5.74, 6) is 0.792. The van der Waals surface area contributed by atoms with Crippen LogP contribution in [0.25, 0.3) is 0 Å². The van der Waals surface area contributed by atoms with Gasteiger partial charge < -0.3 is 0 Å². The first-order chi connectivity index (χ1) is 9.74. The summed E-state index contributed by atoms with van der Waals surface area (Å²) in [7, 11) is 0.0829. The molecule has 0 aromatic heterocycles. The molecule has 0 spiro atoms. The lowest BCUT2D eigenvalue weighted by molar-refractivity contribution is 0.631. The Balaban J connectivity index is 1.69. The third-order valence-electron chi connectivity index (χ3n) is 4.46. The van der Waals surface area contributed by atoms with Crippen LogP contribution in [-0.2, 0) is 0 Å². The van der Waals surface area contributed by atoms with Crippen LogP contribution in [0, 0.1) is 13.8 Å². The van der Waals surface area contributed by atoms with Crippen molar-refractivity contribution in [2.45, 2.75) is 32.6 Å². The predicted molar refractivity (Wildman–Crippen MR) is 90.6 cm³/mol. The van der Waals surface area contributed by atoms with Crippen LogP contribution in [-0.4, -0.2) is 12.3 Å². The summed E-state index contributed by atoms with van der Waals surface area (Å²) in [6.45, 7) is 4.48. The number of aryl methyl sites for hydroxylation is 2. The van der Waals surface area contributed by atoms with Crippen LogP contribution in [0.5, 0.6) is 0 Å². The summed E-state index contributed by atoms with van der Waals surface area (Å²) in [5.41, 5.74) is 4.44. The van der Waals surface area contributed by atoms with Crippen molar-refractivity contribution >= 4 is 13.2 Å². The van der Waals surface area contributed by atoms with Crippen molar-refractivity contribution in [3.8, 4) is 0 Å². The fourth-order valence-corrected chi connectivity index (χ4v) is 6.14. The molecule has 0 nitrogen and oxygen atoms in total. The van der Waals surface area contributed by atoms with Gasteiger partial charge in [-0.05, 0) is 61.4 Å². The SMILES string of the molecule is Cc1ccc(P2CCC(c3ccccc3)CC2)c(C)c1. The molecule has 104 valence electrons. The maximum atomic E-state index is 2.39. The first-order valence-electron chi connectivity index (χ1n) is 7.61. The topological polar surface area (TPSA) is 0 Å². The fourth-order valence-electron chi connectivity index (χ4n) is 3.34. The van der Waals surface area contributed by atoms with Gasteiger partial charge in [0.15, 0.2) is 0 Å². The van der Waals surface area contributed by atoms with Gasteiger partial charge in [0, 0.05) is 0 Å². The van der Waals surface area contributed by atoms with E-state index < -0.39 is 0 Å². The highest BCUT2D eigenvalue weighted by atomic mass is 31.1. The Kier molecular flexibility index (Phi) is 4.22. The van der Waals surface area contributed by atoms with E-state index in [1.807, 2.05) is 0 Å². The van der Waals surface area contributed by atoms with Gasteiger partial charge in [0.25, 0.3) is 0 Å². The Labute approximate surface area is 124 Å². The van der Waals surface area contributed by atoms with E-state index in [2.05, 4.69) is 62.4 Å². The standard InChI is InChI=1S/C19H23P/c1-15-8-9-19(16(2)14-15)20-12-10-18(11-13-20)17-6-4-3-5-7-17/h3-9,14,18H,10-13H2,1-2H3. The molecule has 1 aliphatic rings. The van der Waals surface area contributed by atoms with E-state index in [0.717, 1.165) is 5.92 Å². The van der Waals surface area contributed by atoms with Crippen LogP contribution >= 0.6 is 7.92 Å². The third kappa shape index (κ3) is 2.96. The van der Waals surface area contributed by atoms with E-state index in [-0.39, 0.29) is 7.92 Å². The van der Waals surface area contributed by atoms with Crippen molar-refractivity contribution < 1.29 is 0 Å². The van der Waals surface area contributed by atoms with Gasteiger partial charge in [-0.3, -0.25) is 0 Å². The summed E-state index contributed by atoms with van der Waals surface area (Å²) in [6, 6.07) is 18.1. The average Bonchev–Trinajstić information content (AvgIpc) is 2.48. The van der Waals surface area contributed by atoms with Crippen molar-refractivity contribution in [3.63, 3.8) is 0 Å². The molecule has 20 heavy (non-hydrogen) atoms. The van der Waals surface area contributed by atoms with Crippen molar-refractivity contribution in [3.05, 3.63) is 65.2 Å². The molecule has 0 N–H and O–H groups in total. The zero-order valence-electron chi connectivity index (χ0n) is 12.5. The lowest BCUT2D eigenvalue weighted by Crippen LogP contribution is -2.18. The highest BCUT2D eigenvalue weighted by molar-refractivity contribution is 7.65. The highest BCUT2D eigenvalue weighted by Gasteiger charge is 2.23. The molecule has 2 aromatic rings. The number of hydrogen-bond donors (Lipinski definition) is 0. The average molecular weight is 282 g/mol. The largest absolute Gasteiger partial charge is 0.0750 e. The van der Waals surface area contributed by atoms with Gasteiger partial charge in [-0.2, -0.15) is 0 Å². The maximum absolute atomic E-state index is 2.39. The molecule has 1 heterocycles. The summed E-state index contributed by atoms with van der Waals surface area (Å²) in [6.07, 6.45) is 5.53. The molecule has 1 aliphatic heterocycles. The summed E-state index contributed by atoms with van der Waals surface area (Å²) in [5, 5.41) is 1.65. The minimum Gasteiger partial charge on any atom is -0.0750 e. The monoisotopic (exact) mass is 282 g/mol. The van der Waals surface area contributed by atoms with E-state index in [1.165, 1.54) is 36.3 Å². The fraction of sp³-hybridized carbons (Fsp3) is 0.368. The minimum absolute atomic E-state index is 0.0829. The Morgan fingerprint density at radius 3 is 2.25 bits per heavy atom. The summed E-state index contributed by atoms with van der Waals surface area (Å²) >= 11 is 0. The van der Waals surface area contributed by atoms with Gasteiger partial charge in [0.1, 0.15) is 0 Å². The minimum atomic E-state index is 0.0829. The molecule has 0 unspecified atom stereocenters.